The molecule has 0 unspecified atom stereocenters. The number of ether oxygens (including phenoxy) is 1. The molecule has 102 valence electrons. The highest BCUT2D eigenvalue weighted by atomic mass is 32.2. The second kappa shape index (κ2) is 6.10. The molecule has 0 heterocycles. The van der Waals surface area contributed by atoms with Crippen LogP contribution in [-0.2, 0) is 9.53 Å². The molecule has 1 aromatic carbocycles. The Morgan fingerprint density at radius 1 is 1.32 bits per heavy atom. The summed E-state index contributed by atoms with van der Waals surface area (Å²) < 4.78 is 4.75. The highest BCUT2D eigenvalue weighted by molar-refractivity contribution is 8.00. The van der Waals surface area contributed by atoms with E-state index in [9.17, 15) is 14.7 Å². The molecule has 0 bridgehead atoms. The van der Waals surface area contributed by atoms with Gasteiger partial charge in [-0.3, -0.25) is 4.79 Å². The lowest BCUT2D eigenvalue weighted by Crippen LogP contribution is -2.20. The normalized spacial score (nSPS) is 22.2. The largest absolute Gasteiger partial charge is 0.481 e. The van der Waals surface area contributed by atoms with E-state index >= 15 is 0 Å². The van der Waals surface area contributed by atoms with Gasteiger partial charge in [0, 0.05) is 10.1 Å². The van der Waals surface area contributed by atoms with Crippen molar-refractivity contribution < 1.29 is 19.4 Å². The summed E-state index contributed by atoms with van der Waals surface area (Å²) in [7, 11) is 1.35. The van der Waals surface area contributed by atoms with E-state index in [1.54, 1.807) is 12.1 Å². The molecule has 19 heavy (non-hydrogen) atoms. The number of esters is 1. The Kier molecular flexibility index (Phi) is 4.47. The van der Waals surface area contributed by atoms with Crippen LogP contribution in [0.2, 0.25) is 0 Å². The Morgan fingerprint density at radius 2 is 2.05 bits per heavy atom. The molecule has 2 rings (SSSR count). The number of methoxy groups -OCH3 is 1. The molecule has 0 amide bonds. The van der Waals surface area contributed by atoms with Crippen LogP contribution >= 0.6 is 11.8 Å². The summed E-state index contributed by atoms with van der Waals surface area (Å²) in [5.74, 6) is -1.45. The topological polar surface area (TPSA) is 63.6 Å². The first-order valence-electron chi connectivity index (χ1n) is 6.20. The number of thioether (sulfide) groups is 1. The van der Waals surface area contributed by atoms with E-state index in [-0.39, 0.29) is 17.1 Å². The van der Waals surface area contributed by atoms with Crippen molar-refractivity contribution in [1.82, 2.24) is 0 Å². The summed E-state index contributed by atoms with van der Waals surface area (Å²) in [6.07, 6.45) is 2.51. The minimum atomic E-state index is -0.745. The van der Waals surface area contributed by atoms with Crippen molar-refractivity contribution in [2.75, 3.05) is 7.11 Å². The van der Waals surface area contributed by atoms with Crippen molar-refractivity contribution in [3.05, 3.63) is 29.8 Å². The van der Waals surface area contributed by atoms with Gasteiger partial charge in [-0.05, 0) is 25.0 Å². The molecular formula is C14H16O4S. The molecule has 1 aliphatic carbocycles. The highest BCUT2D eigenvalue weighted by Crippen LogP contribution is 2.40. The van der Waals surface area contributed by atoms with Crippen LogP contribution in [-0.4, -0.2) is 29.4 Å². The van der Waals surface area contributed by atoms with E-state index in [0.29, 0.717) is 12.0 Å². The number of hydrogen-bond donors (Lipinski definition) is 1. The quantitative estimate of drug-likeness (QED) is 0.859. The molecule has 1 fully saturated rings. The number of carbonyl (C=O) groups excluding carboxylic acids is 1. The Bertz CT molecular complexity index is 486. The molecule has 0 spiro atoms. The van der Waals surface area contributed by atoms with Gasteiger partial charge >= 0.3 is 11.9 Å². The third kappa shape index (κ3) is 3.10. The van der Waals surface area contributed by atoms with Gasteiger partial charge in [-0.1, -0.05) is 18.6 Å². The zero-order valence-electron chi connectivity index (χ0n) is 10.7. The summed E-state index contributed by atoms with van der Waals surface area (Å²) >= 11 is 1.48. The van der Waals surface area contributed by atoms with Crippen molar-refractivity contribution >= 4 is 23.7 Å². The molecule has 4 nitrogen and oxygen atoms in total. The molecule has 5 heteroatoms. The number of carboxylic acids is 1. The van der Waals surface area contributed by atoms with Gasteiger partial charge < -0.3 is 9.84 Å². The molecule has 1 saturated carbocycles. The minimum Gasteiger partial charge on any atom is -0.481 e. The first-order chi connectivity index (χ1) is 9.13. The summed E-state index contributed by atoms with van der Waals surface area (Å²) in [5.41, 5.74) is 0.506. The van der Waals surface area contributed by atoms with Crippen LogP contribution in [0.3, 0.4) is 0 Å². The first kappa shape index (κ1) is 13.9. The molecular weight excluding hydrogens is 264 g/mol. The summed E-state index contributed by atoms with van der Waals surface area (Å²) in [5, 5.41) is 9.21. The third-order valence-electron chi connectivity index (χ3n) is 3.34. The van der Waals surface area contributed by atoms with E-state index < -0.39 is 5.97 Å². The summed E-state index contributed by atoms with van der Waals surface area (Å²) in [6.45, 7) is 0. The van der Waals surface area contributed by atoms with Crippen molar-refractivity contribution in [3.63, 3.8) is 0 Å². The highest BCUT2D eigenvalue weighted by Gasteiger charge is 2.34. The van der Waals surface area contributed by atoms with Crippen LogP contribution < -0.4 is 0 Å². The zero-order valence-corrected chi connectivity index (χ0v) is 11.5. The number of rotatable bonds is 4. The van der Waals surface area contributed by atoms with Crippen molar-refractivity contribution in [2.45, 2.75) is 29.4 Å². The number of carbonyl (C=O) groups is 2. The Balaban J connectivity index is 2.19. The molecule has 0 radical (unpaired) electrons. The van der Waals surface area contributed by atoms with E-state index in [0.717, 1.165) is 17.7 Å². The average molecular weight is 280 g/mol. The molecule has 2 atom stereocenters. The van der Waals surface area contributed by atoms with Gasteiger partial charge in [0.05, 0.1) is 18.6 Å². The lowest BCUT2D eigenvalue weighted by molar-refractivity contribution is -0.141. The van der Waals surface area contributed by atoms with Crippen LogP contribution in [0.25, 0.3) is 0 Å². The first-order valence-corrected chi connectivity index (χ1v) is 7.08. The van der Waals surface area contributed by atoms with Gasteiger partial charge in [0.2, 0.25) is 0 Å². The minimum absolute atomic E-state index is 0.0308. The van der Waals surface area contributed by atoms with Gasteiger partial charge in [0.15, 0.2) is 0 Å². The molecule has 1 aromatic rings. The maximum Gasteiger partial charge on any atom is 0.338 e. The fourth-order valence-electron chi connectivity index (χ4n) is 2.36. The van der Waals surface area contributed by atoms with E-state index in [2.05, 4.69) is 0 Å². The third-order valence-corrected chi connectivity index (χ3v) is 4.82. The molecule has 1 aliphatic rings. The van der Waals surface area contributed by atoms with Crippen LogP contribution in [0, 0.1) is 5.92 Å². The Morgan fingerprint density at radius 3 is 2.74 bits per heavy atom. The van der Waals surface area contributed by atoms with Gasteiger partial charge in [-0.2, -0.15) is 0 Å². The predicted octanol–water partition coefficient (Wildman–Crippen LogP) is 2.82. The van der Waals surface area contributed by atoms with E-state index in [1.807, 2.05) is 12.1 Å². The Hall–Kier alpha value is -1.49. The Labute approximate surface area is 116 Å². The van der Waals surface area contributed by atoms with E-state index in [1.165, 1.54) is 18.9 Å². The molecule has 1 N–H and O–H groups in total. The molecule has 0 aliphatic heterocycles. The summed E-state index contributed by atoms with van der Waals surface area (Å²) in [6, 6.07) is 7.17. The number of carboxylic acid groups (broad SMARTS) is 1. The monoisotopic (exact) mass is 280 g/mol. The lowest BCUT2D eigenvalue weighted by atomic mass is 10.1. The fraction of sp³-hybridized carbons (Fsp3) is 0.429. The molecule has 0 saturated heterocycles. The maximum absolute atomic E-state index is 11.7. The standard InChI is InChI=1S/C14H16O4S/c1-18-14(17)10-5-2-3-7-12(10)19-11-8-4-6-9(11)13(15)16/h2-3,5,7,9,11H,4,6,8H2,1H3,(H,15,16)/t9-,11+/m1/s1. The second-order valence-corrected chi connectivity index (χ2v) is 5.80. The maximum atomic E-state index is 11.7. The number of aliphatic carboxylic acids is 1. The van der Waals surface area contributed by atoms with Gasteiger partial charge in [-0.25, -0.2) is 4.79 Å². The average Bonchev–Trinajstić information content (AvgIpc) is 2.87. The van der Waals surface area contributed by atoms with Gasteiger partial charge in [0.25, 0.3) is 0 Å². The fourth-order valence-corrected chi connectivity index (χ4v) is 3.82. The van der Waals surface area contributed by atoms with Crippen molar-refractivity contribution in [1.29, 1.82) is 0 Å². The summed E-state index contributed by atoms with van der Waals surface area (Å²) in [4.78, 5) is 23.6. The SMILES string of the molecule is COC(=O)c1ccccc1S[C@H]1CCC[C@H]1C(=O)O. The van der Waals surface area contributed by atoms with Crippen LogP contribution in [0.4, 0.5) is 0 Å². The van der Waals surface area contributed by atoms with Crippen LogP contribution in [0.1, 0.15) is 29.6 Å². The predicted molar refractivity (Wildman–Crippen MR) is 72.4 cm³/mol. The smallest absolute Gasteiger partial charge is 0.338 e. The number of hydrogen-bond acceptors (Lipinski definition) is 4. The number of benzene rings is 1. The van der Waals surface area contributed by atoms with Crippen molar-refractivity contribution in [2.24, 2.45) is 5.92 Å². The van der Waals surface area contributed by atoms with E-state index in [4.69, 9.17) is 4.74 Å². The van der Waals surface area contributed by atoms with Crippen molar-refractivity contribution in [3.8, 4) is 0 Å². The zero-order chi connectivity index (χ0) is 13.8. The second-order valence-electron chi connectivity index (χ2n) is 4.52. The van der Waals surface area contributed by atoms with Gasteiger partial charge in [-0.15, -0.1) is 11.8 Å². The van der Waals surface area contributed by atoms with Crippen LogP contribution in [0.5, 0.6) is 0 Å². The molecule has 0 aromatic heterocycles. The lowest BCUT2D eigenvalue weighted by Gasteiger charge is -2.16. The van der Waals surface area contributed by atoms with Crippen LogP contribution in [0.15, 0.2) is 29.2 Å². The van der Waals surface area contributed by atoms with Gasteiger partial charge in [0.1, 0.15) is 0 Å².